The molecular formula is C20H18ClN3O3S. The first-order valence-electron chi connectivity index (χ1n) is 8.84. The van der Waals surface area contributed by atoms with Gasteiger partial charge in [0.1, 0.15) is 5.76 Å². The van der Waals surface area contributed by atoms with Crippen molar-refractivity contribution < 1.29 is 14.0 Å². The van der Waals surface area contributed by atoms with Crippen molar-refractivity contribution in [1.82, 2.24) is 9.88 Å². The minimum absolute atomic E-state index is 0.0475. The van der Waals surface area contributed by atoms with Gasteiger partial charge >= 0.3 is 0 Å². The van der Waals surface area contributed by atoms with Crippen molar-refractivity contribution in [3.63, 3.8) is 0 Å². The normalized spacial score (nSPS) is 16.6. The second-order valence-corrected chi connectivity index (χ2v) is 8.31. The van der Waals surface area contributed by atoms with E-state index in [2.05, 4.69) is 10.3 Å². The molecule has 144 valence electrons. The van der Waals surface area contributed by atoms with Gasteiger partial charge in [0.25, 0.3) is 0 Å². The van der Waals surface area contributed by atoms with Crippen LogP contribution in [0.2, 0.25) is 5.02 Å². The molecule has 1 aliphatic heterocycles. The first kappa shape index (κ1) is 18.7. The zero-order chi connectivity index (χ0) is 19.7. The lowest BCUT2D eigenvalue weighted by molar-refractivity contribution is -0.128. The molecule has 28 heavy (non-hydrogen) atoms. The molecule has 0 radical (unpaired) electrons. The molecule has 0 spiro atoms. The largest absolute Gasteiger partial charge is 0.467 e. The highest BCUT2D eigenvalue weighted by Crippen LogP contribution is 2.32. The fourth-order valence-electron chi connectivity index (χ4n) is 3.22. The molecular weight excluding hydrogens is 398 g/mol. The van der Waals surface area contributed by atoms with Gasteiger partial charge in [-0.15, -0.1) is 11.3 Å². The van der Waals surface area contributed by atoms with Crippen molar-refractivity contribution in [3.8, 4) is 11.3 Å². The van der Waals surface area contributed by atoms with E-state index in [4.69, 9.17) is 16.0 Å². The van der Waals surface area contributed by atoms with Gasteiger partial charge in [0.15, 0.2) is 5.13 Å². The molecule has 1 aromatic carbocycles. The number of nitrogens with one attached hydrogen (secondary N) is 1. The van der Waals surface area contributed by atoms with Crippen LogP contribution in [0.1, 0.15) is 17.1 Å². The average Bonchev–Trinajstić information content (AvgIpc) is 3.38. The molecule has 1 atom stereocenters. The lowest BCUT2D eigenvalue weighted by Gasteiger charge is -2.14. The van der Waals surface area contributed by atoms with Crippen LogP contribution in [0.25, 0.3) is 11.3 Å². The van der Waals surface area contributed by atoms with Crippen LogP contribution in [0, 0.1) is 12.8 Å². The number of hydrogen-bond acceptors (Lipinski definition) is 5. The Labute approximate surface area is 171 Å². The second kappa shape index (κ2) is 7.77. The predicted octanol–water partition coefficient (Wildman–Crippen LogP) is 4.35. The summed E-state index contributed by atoms with van der Waals surface area (Å²) in [6, 6.07) is 11.0. The Morgan fingerprint density at radius 3 is 2.86 bits per heavy atom. The maximum atomic E-state index is 12.6. The monoisotopic (exact) mass is 415 g/mol. The van der Waals surface area contributed by atoms with Gasteiger partial charge in [-0.05, 0) is 31.2 Å². The zero-order valence-corrected chi connectivity index (χ0v) is 16.7. The minimum atomic E-state index is -0.398. The number of carbonyl (C=O) groups is 2. The van der Waals surface area contributed by atoms with Gasteiger partial charge in [0.2, 0.25) is 11.8 Å². The number of benzene rings is 1. The van der Waals surface area contributed by atoms with Crippen LogP contribution in [0.3, 0.4) is 0 Å². The molecule has 1 fully saturated rings. The van der Waals surface area contributed by atoms with E-state index in [1.807, 2.05) is 37.3 Å². The first-order valence-corrected chi connectivity index (χ1v) is 10.0. The Morgan fingerprint density at radius 2 is 2.14 bits per heavy atom. The second-order valence-electron chi connectivity index (χ2n) is 6.67. The third-order valence-corrected chi connectivity index (χ3v) is 5.79. The molecule has 8 heteroatoms. The number of rotatable bonds is 5. The smallest absolute Gasteiger partial charge is 0.231 e. The van der Waals surface area contributed by atoms with Crippen molar-refractivity contribution in [1.29, 1.82) is 0 Å². The van der Waals surface area contributed by atoms with Crippen molar-refractivity contribution in [2.24, 2.45) is 5.92 Å². The number of likely N-dealkylation sites (tertiary alicyclic amines) is 1. The molecule has 1 N–H and O–H groups in total. The number of anilines is 1. The lowest BCUT2D eigenvalue weighted by atomic mass is 10.1. The summed E-state index contributed by atoms with van der Waals surface area (Å²) in [5, 5.41) is 4.06. The maximum Gasteiger partial charge on any atom is 0.231 e. The number of thiazole rings is 1. The maximum absolute atomic E-state index is 12.6. The summed E-state index contributed by atoms with van der Waals surface area (Å²) in [6.45, 7) is 2.72. The Balaban J connectivity index is 1.42. The van der Waals surface area contributed by atoms with Gasteiger partial charge in [-0.2, -0.15) is 0 Å². The van der Waals surface area contributed by atoms with Crippen LogP contribution < -0.4 is 5.32 Å². The van der Waals surface area contributed by atoms with Gasteiger partial charge in [-0.25, -0.2) is 4.98 Å². The summed E-state index contributed by atoms with van der Waals surface area (Å²) in [6.07, 6.45) is 1.77. The molecule has 6 nitrogen and oxygen atoms in total. The third kappa shape index (κ3) is 3.95. The Hall–Kier alpha value is -2.64. The molecule has 0 saturated carbocycles. The lowest BCUT2D eigenvalue weighted by Crippen LogP contribution is -2.27. The van der Waals surface area contributed by atoms with E-state index >= 15 is 0 Å². The number of furan rings is 1. The molecule has 4 rings (SSSR count). The quantitative estimate of drug-likeness (QED) is 0.672. The zero-order valence-electron chi connectivity index (χ0n) is 15.1. The van der Waals surface area contributed by atoms with Crippen LogP contribution in [-0.4, -0.2) is 28.2 Å². The molecule has 0 unspecified atom stereocenters. The molecule has 0 aliphatic carbocycles. The Kier molecular flexibility index (Phi) is 5.19. The molecule has 1 aliphatic rings. The molecule has 3 heterocycles. The van der Waals surface area contributed by atoms with Gasteiger partial charge < -0.3 is 14.6 Å². The van der Waals surface area contributed by atoms with Crippen molar-refractivity contribution in [2.45, 2.75) is 19.9 Å². The van der Waals surface area contributed by atoms with Crippen molar-refractivity contribution in [3.05, 3.63) is 58.3 Å². The summed E-state index contributed by atoms with van der Waals surface area (Å²) >= 11 is 7.36. The van der Waals surface area contributed by atoms with Crippen molar-refractivity contribution >= 4 is 39.9 Å². The highest BCUT2D eigenvalue weighted by atomic mass is 35.5. The van der Waals surface area contributed by atoms with E-state index in [0.29, 0.717) is 29.0 Å². The van der Waals surface area contributed by atoms with Crippen LogP contribution >= 0.6 is 22.9 Å². The number of hydrogen-bond donors (Lipinski definition) is 1. The minimum Gasteiger partial charge on any atom is -0.467 e. The fraction of sp³-hybridized carbons (Fsp3) is 0.250. The van der Waals surface area contributed by atoms with Crippen molar-refractivity contribution in [2.75, 3.05) is 11.9 Å². The van der Waals surface area contributed by atoms with E-state index in [9.17, 15) is 9.59 Å². The van der Waals surface area contributed by atoms with Crippen LogP contribution in [0.15, 0.2) is 47.1 Å². The van der Waals surface area contributed by atoms with Gasteiger partial charge in [-0.3, -0.25) is 9.59 Å². The standard InChI is InChI=1S/C20H18ClN3O3S/c1-12-18(13-4-6-15(21)7-5-13)22-20(28-12)23-19(26)14-9-17(25)24(10-14)11-16-3-2-8-27-16/h2-8,14H,9-11H2,1H3,(H,22,23,26)/t14-/m1/s1. The molecule has 2 aromatic heterocycles. The predicted molar refractivity (Wildman–Crippen MR) is 108 cm³/mol. The molecule has 1 saturated heterocycles. The third-order valence-electron chi connectivity index (χ3n) is 4.66. The summed E-state index contributed by atoms with van der Waals surface area (Å²) in [4.78, 5) is 32.1. The summed E-state index contributed by atoms with van der Waals surface area (Å²) in [5.74, 6) is 0.0728. The van der Waals surface area contributed by atoms with Crippen LogP contribution in [0.5, 0.6) is 0 Å². The summed E-state index contributed by atoms with van der Waals surface area (Å²) in [5.41, 5.74) is 1.76. The summed E-state index contributed by atoms with van der Waals surface area (Å²) < 4.78 is 5.29. The molecule has 3 aromatic rings. The highest BCUT2D eigenvalue weighted by Gasteiger charge is 2.35. The summed E-state index contributed by atoms with van der Waals surface area (Å²) in [7, 11) is 0. The molecule has 0 bridgehead atoms. The number of amides is 2. The van der Waals surface area contributed by atoms with Gasteiger partial charge in [0, 0.05) is 28.4 Å². The SMILES string of the molecule is Cc1sc(NC(=O)[C@@H]2CC(=O)N(Cc3ccco3)C2)nc1-c1ccc(Cl)cc1. The topological polar surface area (TPSA) is 75.4 Å². The first-order chi connectivity index (χ1) is 13.5. The Morgan fingerprint density at radius 1 is 1.36 bits per heavy atom. The number of aromatic nitrogens is 1. The van der Waals surface area contributed by atoms with E-state index < -0.39 is 5.92 Å². The average molecular weight is 416 g/mol. The fourth-order valence-corrected chi connectivity index (χ4v) is 4.19. The van der Waals surface area contributed by atoms with E-state index in [1.54, 1.807) is 17.2 Å². The van der Waals surface area contributed by atoms with E-state index in [0.717, 1.165) is 16.1 Å². The van der Waals surface area contributed by atoms with Crippen LogP contribution in [-0.2, 0) is 16.1 Å². The number of halogens is 1. The van der Waals surface area contributed by atoms with E-state index in [1.165, 1.54) is 11.3 Å². The number of carbonyl (C=O) groups excluding carboxylic acids is 2. The van der Waals surface area contributed by atoms with Gasteiger partial charge in [-0.1, -0.05) is 23.7 Å². The molecule has 2 amide bonds. The highest BCUT2D eigenvalue weighted by molar-refractivity contribution is 7.16. The number of aryl methyl sites for hydroxylation is 1. The van der Waals surface area contributed by atoms with Gasteiger partial charge in [0.05, 0.1) is 24.4 Å². The Bertz CT molecular complexity index is 998. The van der Waals surface area contributed by atoms with Crippen LogP contribution in [0.4, 0.5) is 5.13 Å². The van der Waals surface area contributed by atoms with E-state index in [-0.39, 0.29) is 18.2 Å². The number of nitrogens with zero attached hydrogens (tertiary/aromatic N) is 2.